The van der Waals surface area contributed by atoms with Crippen LogP contribution in [-0.4, -0.2) is 65.5 Å². The number of hydrogen-bond acceptors (Lipinski definition) is 9. The molecule has 1 aliphatic rings. The third-order valence-electron chi connectivity index (χ3n) is 3.38. The molecule has 0 bridgehead atoms. The highest BCUT2D eigenvalue weighted by atomic mass is 16.6. The van der Waals surface area contributed by atoms with Crippen molar-refractivity contribution in [3.63, 3.8) is 0 Å². The van der Waals surface area contributed by atoms with Gasteiger partial charge in [-0.05, 0) is 0 Å². The van der Waals surface area contributed by atoms with Gasteiger partial charge < -0.3 is 31.3 Å². The summed E-state index contributed by atoms with van der Waals surface area (Å²) in [5, 5.41) is 42.3. The Morgan fingerprint density at radius 2 is 2.09 bits per heavy atom. The summed E-state index contributed by atoms with van der Waals surface area (Å²) in [5.74, 6) is 0.0783. The maximum atomic E-state index is 10.0. The van der Waals surface area contributed by atoms with Crippen LogP contribution in [0.5, 0.6) is 0 Å². The predicted octanol–water partition coefficient (Wildman–Crippen LogP) is -2.93. The molecule has 3 heterocycles. The number of aromatic nitrogens is 4. The van der Waals surface area contributed by atoms with E-state index in [1.54, 1.807) is 0 Å². The van der Waals surface area contributed by atoms with Crippen molar-refractivity contribution in [3.05, 3.63) is 12.0 Å². The molecule has 4 atom stereocenters. The Morgan fingerprint density at radius 1 is 1.36 bits per heavy atom. The molecule has 7 N–H and O–H groups in total. The summed E-state index contributed by atoms with van der Waals surface area (Å²) in [5.41, 5.74) is 5.90. The molecular weight excluding hydrogens is 296 g/mol. The first-order valence-corrected chi connectivity index (χ1v) is 6.09. The molecule has 0 aromatic carbocycles. The van der Waals surface area contributed by atoms with E-state index in [4.69, 9.17) is 20.8 Å². The van der Waals surface area contributed by atoms with Gasteiger partial charge in [-0.15, -0.1) is 0 Å². The third-order valence-corrected chi connectivity index (χ3v) is 3.38. The minimum Gasteiger partial charge on any atom is -0.412 e. The fraction of sp³-hybridized carbons (Fsp3) is 0.455. The van der Waals surface area contributed by atoms with Gasteiger partial charge in [-0.2, -0.15) is 10.4 Å². The highest BCUT2D eigenvalue weighted by molar-refractivity contribution is 5.90. The molecule has 11 nitrogen and oxygen atoms in total. The molecule has 2 aromatic heterocycles. The number of rotatable bonds is 2. The molecule has 1 fully saturated rings. The molecular formula is C11H14N6O5. The Hall–Kier alpha value is -2.36. The molecule has 0 spiro atoms. The summed E-state index contributed by atoms with van der Waals surface area (Å²) in [6, 6.07) is 1.86. The van der Waals surface area contributed by atoms with Gasteiger partial charge in [0.15, 0.2) is 17.6 Å². The van der Waals surface area contributed by atoms with Gasteiger partial charge >= 0.3 is 0 Å². The molecule has 0 radical (unpaired) electrons. The number of fused-ring (bicyclic) bond motifs is 1. The Morgan fingerprint density at radius 3 is 2.68 bits per heavy atom. The summed E-state index contributed by atoms with van der Waals surface area (Å²) < 4.78 is 6.53. The van der Waals surface area contributed by atoms with Crippen LogP contribution in [0.15, 0.2) is 6.33 Å². The second kappa shape index (κ2) is 5.79. The van der Waals surface area contributed by atoms with Crippen LogP contribution in [0.4, 0.5) is 5.82 Å². The normalized spacial score (nSPS) is 27.5. The van der Waals surface area contributed by atoms with E-state index >= 15 is 0 Å². The number of hydrogen-bond donors (Lipinski definition) is 4. The standard InChI is InChI=1S/C11H12N6O4.H2O/c12-1-4-6-9(13)14-3-15-10(6)17(16-4)11-8(20)7(19)5(2-18)21-11;/h3,5,7-8,11,18-20H,2H2,(H2,13,14,15);1H2. The second-order valence-corrected chi connectivity index (χ2v) is 4.59. The van der Waals surface area contributed by atoms with Gasteiger partial charge in [-0.3, -0.25) is 0 Å². The lowest BCUT2D eigenvalue weighted by Crippen LogP contribution is -2.33. The van der Waals surface area contributed by atoms with Crippen molar-refractivity contribution < 1.29 is 25.5 Å². The van der Waals surface area contributed by atoms with E-state index < -0.39 is 31.1 Å². The van der Waals surface area contributed by atoms with Crippen molar-refractivity contribution in [1.29, 1.82) is 5.26 Å². The van der Waals surface area contributed by atoms with Crippen LogP contribution in [0.3, 0.4) is 0 Å². The SMILES string of the molecule is N#Cc1nn(C2OC(CO)C(O)C2O)c2ncnc(N)c12.O. The van der Waals surface area contributed by atoms with Gasteiger partial charge in [0.1, 0.15) is 36.5 Å². The topological polar surface area (TPSA) is 195 Å². The fourth-order valence-electron chi connectivity index (χ4n) is 2.33. The summed E-state index contributed by atoms with van der Waals surface area (Å²) in [7, 11) is 0. The first-order chi connectivity index (χ1) is 10.1. The zero-order valence-electron chi connectivity index (χ0n) is 11.2. The van der Waals surface area contributed by atoms with Crippen LogP contribution in [0.1, 0.15) is 11.9 Å². The second-order valence-electron chi connectivity index (χ2n) is 4.59. The van der Waals surface area contributed by atoms with Crippen LogP contribution >= 0.6 is 0 Å². The molecule has 3 rings (SSSR count). The molecule has 2 aromatic rings. The third kappa shape index (κ3) is 2.15. The van der Waals surface area contributed by atoms with Crippen LogP contribution in [-0.2, 0) is 4.74 Å². The molecule has 0 amide bonds. The number of nitriles is 1. The maximum absolute atomic E-state index is 10.0. The first kappa shape index (κ1) is 16.0. The van der Waals surface area contributed by atoms with E-state index in [1.165, 1.54) is 6.33 Å². The van der Waals surface area contributed by atoms with Gasteiger partial charge in [0.2, 0.25) is 0 Å². The minimum atomic E-state index is -1.33. The predicted molar refractivity (Wildman–Crippen MR) is 71.1 cm³/mol. The number of aliphatic hydroxyl groups is 3. The van der Waals surface area contributed by atoms with Crippen molar-refractivity contribution in [2.75, 3.05) is 12.3 Å². The van der Waals surface area contributed by atoms with E-state index in [1.807, 2.05) is 6.07 Å². The number of ether oxygens (including phenoxy) is 1. The maximum Gasteiger partial charge on any atom is 0.181 e. The number of aliphatic hydroxyl groups excluding tert-OH is 3. The minimum absolute atomic E-state index is 0. The molecule has 1 aliphatic heterocycles. The lowest BCUT2D eigenvalue weighted by molar-refractivity contribution is -0.0567. The van der Waals surface area contributed by atoms with Crippen LogP contribution in [0.25, 0.3) is 11.0 Å². The van der Waals surface area contributed by atoms with Crippen molar-refractivity contribution in [2.24, 2.45) is 0 Å². The number of nitrogens with zero attached hydrogens (tertiary/aromatic N) is 5. The summed E-state index contributed by atoms with van der Waals surface area (Å²) in [6.45, 7) is -0.462. The monoisotopic (exact) mass is 310 g/mol. The zero-order chi connectivity index (χ0) is 15.1. The fourth-order valence-corrected chi connectivity index (χ4v) is 2.33. The van der Waals surface area contributed by atoms with Crippen LogP contribution in [0.2, 0.25) is 0 Å². The zero-order valence-corrected chi connectivity index (χ0v) is 11.2. The van der Waals surface area contributed by atoms with Gasteiger partial charge in [0.25, 0.3) is 0 Å². The highest BCUT2D eigenvalue weighted by Gasteiger charge is 2.44. The van der Waals surface area contributed by atoms with E-state index in [-0.39, 0.29) is 28.0 Å². The average molecular weight is 310 g/mol. The Kier molecular flexibility index (Phi) is 4.22. The number of anilines is 1. The van der Waals surface area contributed by atoms with E-state index in [9.17, 15) is 10.2 Å². The Balaban J connectivity index is 0.00000176. The van der Waals surface area contributed by atoms with Crippen molar-refractivity contribution in [3.8, 4) is 6.07 Å². The number of nitrogens with two attached hydrogens (primary N) is 1. The van der Waals surface area contributed by atoms with Gasteiger partial charge in [-0.1, -0.05) is 0 Å². The van der Waals surface area contributed by atoms with Crippen LogP contribution in [0, 0.1) is 11.3 Å². The van der Waals surface area contributed by atoms with Crippen molar-refractivity contribution >= 4 is 16.9 Å². The summed E-state index contributed by atoms with van der Waals surface area (Å²) >= 11 is 0. The van der Waals surface area contributed by atoms with Crippen molar-refractivity contribution in [1.82, 2.24) is 19.7 Å². The highest BCUT2D eigenvalue weighted by Crippen LogP contribution is 2.32. The van der Waals surface area contributed by atoms with Crippen molar-refractivity contribution in [2.45, 2.75) is 24.5 Å². The van der Waals surface area contributed by atoms with Crippen LogP contribution < -0.4 is 5.73 Å². The quantitative estimate of drug-likeness (QED) is 0.448. The largest absolute Gasteiger partial charge is 0.412 e. The molecule has 118 valence electrons. The first-order valence-electron chi connectivity index (χ1n) is 6.09. The lowest BCUT2D eigenvalue weighted by Gasteiger charge is -2.15. The summed E-state index contributed by atoms with van der Waals surface area (Å²) in [4.78, 5) is 7.78. The van der Waals surface area contributed by atoms with Gasteiger partial charge in [0, 0.05) is 0 Å². The lowest BCUT2D eigenvalue weighted by atomic mass is 10.1. The Bertz CT molecular complexity index is 728. The number of nitrogen functional groups attached to an aromatic ring is 1. The molecule has 0 aliphatic carbocycles. The molecule has 22 heavy (non-hydrogen) atoms. The van der Waals surface area contributed by atoms with Gasteiger partial charge in [0.05, 0.1) is 12.0 Å². The molecule has 1 saturated heterocycles. The Labute approximate surface area is 123 Å². The summed E-state index contributed by atoms with van der Waals surface area (Å²) in [6.07, 6.45) is -3.44. The van der Waals surface area contributed by atoms with E-state index in [0.717, 1.165) is 4.68 Å². The smallest absolute Gasteiger partial charge is 0.181 e. The van der Waals surface area contributed by atoms with E-state index in [2.05, 4.69) is 15.1 Å². The average Bonchev–Trinajstić information content (AvgIpc) is 2.99. The molecule has 0 saturated carbocycles. The molecule has 11 heteroatoms. The molecule has 4 unspecified atom stereocenters. The van der Waals surface area contributed by atoms with Gasteiger partial charge in [-0.25, -0.2) is 14.6 Å². The van der Waals surface area contributed by atoms with E-state index in [0.29, 0.717) is 0 Å².